The molecule has 2 aromatic heterocycles. The lowest BCUT2D eigenvalue weighted by Gasteiger charge is -2.07. The van der Waals surface area contributed by atoms with Gasteiger partial charge in [0.2, 0.25) is 5.91 Å². The van der Waals surface area contributed by atoms with E-state index in [2.05, 4.69) is 10.3 Å². The molecule has 2 heterocycles. The normalized spacial score (nSPS) is 11.0. The monoisotopic (exact) mass is 363 g/mol. The smallest absolute Gasteiger partial charge is 0.257 e. The Bertz CT molecular complexity index is 1180. The molecule has 0 radical (unpaired) electrons. The van der Waals surface area contributed by atoms with Crippen LogP contribution in [-0.4, -0.2) is 21.4 Å². The molecule has 0 aliphatic rings. The fraction of sp³-hybridized carbons (Fsp3) is 0.0500. The van der Waals surface area contributed by atoms with Crippen molar-refractivity contribution in [2.24, 2.45) is 0 Å². The second-order valence-electron chi connectivity index (χ2n) is 5.93. The minimum atomic E-state index is -0.310. The Morgan fingerprint density at radius 2 is 1.92 bits per heavy atom. The molecule has 0 spiro atoms. The van der Waals surface area contributed by atoms with E-state index in [0.29, 0.717) is 32.7 Å². The van der Waals surface area contributed by atoms with Gasteiger partial charge in [-0.3, -0.25) is 19.1 Å². The van der Waals surface area contributed by atoms with E-state index in [1.165, 1.54) is 17.7 Å². The van der Waals surface area contributed by atoms with Crippen LogP contribution in [0.25, 0.3) is 21.8 Å². The highest BCUT2D eigenvalue weighted by Crippen LogP contribution is 2.27. The molecule has 26 heavy (non-hydrogen) atoms. The van der Waals surface area contributed by atoms with E-state index in [4.69, 9.17) is 11.6 Å². The van der Waals surface area contributed by atoms with Crippen LogP contribution in [0.15, 0.2) is 60.9 Å². The zero-order chi connectivity index (χ0) is 18.3. The minimum Gasteiger partial charge on any atom is -0.320 e. The first-order valence-corrected chi connectivity index (χ1v) is 8.39. The third-order valence-corrected chi connectivity index (χ3v) is 4.47. The Morgan fingerprint density at radius 3 is 2.73 bits per heavy atom. The van der Waals surface area contributed by atoms with Crippen LogP contribution in [-0.2, 0) is 0 Å². The van der Waals surface area contributed by atoms with E-state index in [0.717, 1.165) is 5.39 Å². The average Bonchev–Trinajstić information content (AvgIpc) is 3.01. The van der Waals surface area contributed by atoms with E-state index in [1.54, 1.807) is 30.5 Å². The van der Waals surface area contributed by atoms with E-state index in [-0.39, 0.29) is 11.8 Å². The van der Waals surface area contributed by atoms with Crippen molar-refractivity contribution in [3.05, 3.63) is 71.5 Å². The molecule has 1 amide bonds. The van der Waals surface area contributed by atoms with Gasteiger partial charge in [-0.1, -0.05) is 35.9 Å². The molecule has 0 saturated carbocycles. The number of hydrogen-bond acceptors (Lipinski definition) is 3. The van der Waals surface area contributed by atoms with Crippen LogP contribution in [0.1, 0.15) is 22.1 Å². The molecule has 0 unspecified atom stereocenters. The van der Waals surface area contributed by atoms with Gasteiger partial charge in [-0.15, -0.1) is 0 Å². The third kappa shape index (κ3) is 2.72. The SMILES string of the molecule is CC(=O)n1cc(C(=O)Nc2cccc3cccnc23)c2ccc(Cl)cc21. The summed E-state index contributed by atoms with van der Waals surface area (Å²) in [5.74, 6) is -0.501. The lowest BCUT2D eigenvalue weighted by atomic mass is 10.1. The maximum atomic E-state index is 12.9. The Morgan fingerprint density at radius 1 is 1.12 bits per heavy atom. The number of para-hydroxylation sites is 1. The van der Waals surface area contributed by atoms with Gasteiger partial charge in [-0.2, -0.15) is 0 Å². The number of anilines is 1. The van der Waals surface area contributed by atoms with Crippen LogP contribution >= 0.6 is 11.6 Å². The molecule has 128 valence electrons. The van der Waals surface area contributed by atoms with E-state index < -0.39 is 0 Å². The molecule has 4 rings (SSSR count). The number of nitrogens with one attached hydrogen (secondary N) is 1. The predicted octanol–water partition coefficient (Wildman–Crippen LogP) is 4.76. The lowest BCUT2D eigenvalue weighted by molar-refractivity contribution is 0.0941. The number of amides is 1. The molecule has 0 bridgehead atoms. The molecule has 6 heteroatoms. The summed E-state index contributed by atoms with van der Waals surface area (Å²) >= 11 is 6.05. The van der Waals surface area contributed by atoms with Crippen molar-refractivity contribution in [1.29, 1.82) is 0 Å². The second-order valence-corrected chi connectivity index (χ2v) is 6.36. The number of carbonyl (C=O) groups excluding carboxylic acids is 2. The molecule has 0 aliphatic heterocycles. The molecule has 0 atom stereocenters. The first-order chi connectivity index (χ1) is 12.5. The molecular weight excluding hydrogens is 350 g/mol. The maximum Gasteiger partial charge on any atom is 0.257 e. The highest BCUT2D eigenvalue weighted by Gasteiger charge is 2.18. The zero-order valence-electron chi connectivity index (χ0n) is 13.9. The number of nitrogens with zero attached hydrogens (tertiary/aromatic N) is 2. The van der Waals surface area contributed by atoms with E-state index in [1.807, 2.05) is 24.3 Å². The molecule has 0 aliphatic carbocycles. The summed E-state index contributed by atoms with van der Waals surface area (Å²) in [5, 5.41) is 5.00. The number of rotatable bonds is 2. The fourth-order valence-corrected chi connectivity index (χ4v) is 3.20. The topological polar surface area (TPSA) is 64.0 Å². The van der Waals surface area contributed by atoms with Crippen LogP contribution in [0.4, 0.5) is 5.69 Å². The largest absolute Gasteiger partial charge is 0.320 e. The molecular formula is C20H14ClN3O2. The summed E-state index contributed by atoms with van der Waals surface area (Å²) < 4.78 is 1.43. The van der Waals surface area contributed by atoms with Crippen LogP contribution in [0.3, 0.4) is 0 Å². The first kappa shape index (κ1) is 16.3. The Labute approximate surface area is 154 Å². The lowest BCUT2D eigenvalue weighted by Crippen LogP contribution is -2.12. The van der Waals surface area contributed by atoms with Gasteiger partial charge in [-0.25, -0.2) is 0 Å². The van der Waals surface area contributed by atoms with Gasteiger partial charge in [0.25, 0.3) is 5.91 Å². The van der Waals surface area contributed by atoms with Crippen LogP contribution in [0.2, 0.25) is 5.02 Å². The van der Waals surface area contributed by atoms with Gasteiger partial charge < -0.3 is 5.32 Å². The van der Waals surface area contributed by atoms with Crippen molar-refractivity contribution >= 4 is 50.9 Å². The summed E-state index contributed by atoms with van der Waals surface area (Å²) in [6.07, 6.45) is 3.22. The minimum absolute atomic E-state index is 0.192. The van der Waals surface area contributed by atoms with Gasteiger partial charge in [0.05, 0.1) is 22.3 Å². The molecule has 0 fully saturated rings. The quantitative estimate of drug-likeness (QED) is 0.558. The zero-order valence-corrected chi connectivity index (χ0v) is 14.6. The standard InChI is InChI=1S/C20H14ClN3O2/c1-12(25)24-11-16(15-8-7-14(21)10-18(15)24)20(26)23-17-6-2-4-13-5-3-9-22-19(13)17/h2-11H,1H3,(H,23,26). The number of halogens is 1. The summed E-state index contributed by atoms with van der Waals surface area (Å²) in [4.78, 5) is 29.2. The molecule has 2 aromatic carbocycles. The second kappa shape index (κ2) is 6.28. The van der Waals surface area contributed by atoms with Crippen molar-refractivity contribution in [2.45, 2.75) is 6.92 Å². The first-order valence-electron chi connectivity index (χ1n) is 8.01. The highest BCUT2D eigenvalue weighted by molar-refractivity contribution is 6.31. The third-order valence-electron chi connectivity index (χ3n) is 4.23. The average molecular weight is 364 g/mol. The number of carbonyl (C=O) groups is 2. The maximum absolute atomic E-state index is 12.9. The Kier molecular flexibility index (Phi) is 3.93. The fourth-order valence-electron chi connectivity index (χ4n) is 3.04. The molecule has 5 nitrogen and oxygen atoms in total. The van der Waals surface area contributed by atoms with Crippen molar-refractivity contribution in [3.63, 3.8) is 0 Å². The van der Waals surface area contributed by atoms with Crippen molar-refractivity contribution in [1.82, 2.24) is 9.55 Å². The summed E-state index contributed by atoms with van der Waals surface area (Å²) in [7, 11) is 0. The van der Waals surface area contributed by atoms with Crippen LogP contribution in [0.5, 0.6) is 0 Å². The van der Waals surface area contributed by atoms with Crippen LogP contribution < -0.4 is 5.32 Å². The Balaban J connectivity index is 1.80. The van der Waals surface area contributed by atoms with Gasteiger partial charge in [0, 0.05) is 35.1 Å². The van der Waals surface area contributed by atoms with E-state index in [9.17, 15) is 9.59 Å². The van der Waals surface area contributed by atoms with Crippen molar-refractivity contribution < 1.29 is 9.59 Å². The number of pyridine rings is 1. The number of fused-ring (bicyclic) bond motifs is 2. The molecule has 0 saturated heterocycles. The summed E-state index contributed by atoms with van der Waals surface area (Å²) in [6, 6.07) is 14.5. The van der Waals surface area contributed by atoms with Gasteiger partial charge in [-0.05, 0) is 24.3 Å². The van der Waals surface area contributed by atoms with Crippen molar-refractivity contribution in [2.75, 3.05) is 5.32 Å². The predicted molar refractivity (Wildman–Crippen MR) is 103 cm³/mol. The van der Waals surface area contributed by atoms with Crippen molar-refractivity contribution in [3.8, 4) is 0 Å². The summed E-state index contributed by atoms with van der Waals surface area (Å²) in [6.45, 7) is 1.44. The van der Waals surface area contributed by atoms with E-state index >= 15 is 0 Å². The number of benzene rings is 2. The van der Waals surface area contributed by atoms with Gasteiger partial charge in [0.15, 0.2) is 0 Å². The molecule has 4 aromatic rings. The summed E-state index contributed by atoms with van der Waals surface area (Å²) in [5.41, 5.74) is 2.33. The Hall–Kier alpha value is -3.18. The molecule has 1 N–H and O–H groups in total. The van der Waals surface area contributed by atoms with Gasteiger partial charge in [0.1, 0.15) is 0 Å². The van der Waals surface area contributed by atoms with Crippen LogP contribution in [0, 0.1) is 0 Å². The number of hydrogen-bond donors (Lipinski definition) is 1. The number of aromatic nitrogens is 2. The van der Waals surface area contributed by atoms with Gasteiger partial charge >= 0.3 is 0 Å². The highest BCUT2D eigenvalue weighted by atomic mass is 35.5.